The van der Waals surface area contributed by atoms with Crippen LogP contribution in [0.15, 0.2) is 24.3 Å². The summed E-state index contributed by atoms with van der Waals surface area (Å²) in [6.07, 6.45) is -0.541. The van der Waals surface area contributed by atoms with Gasteiger partial charge in [0.25, 0.3) is 0 Å². The number of amides is 2. The number of hydrogen-bond donors (Lipinski definition) is 3. The Morgan fingerprint density at radius 3 is 2.88 bits per heavy atom. The first-order valence-electron chi connectivity index (χ1n) is 5.52. The van der Waals surface area contributed by atoms with Crippen LogP contribution in [0.25, 0.3) is 0 Å². The summed E-state index contributed by atoms with van der Waals surface area (Å²) in [5.41, 5.74) is 7.18. The molecule has 0 aliphatic carbocycles. The van der Waals surface area contributed by atoms with Crippen molar-refractivity contribution in [3.63, 3.8) is 0 Å². The molecule has 2 amide bonds. The van der Waals surface area contributed by atoms with Crippen LogP contribution in [0, 0.1) is 0 Å². The minimum Gasteiger partial charge on any atom is -0.392 e. The van der Waals surface area contributed by atoms with Crippen LogP contribution in [-0.2, 0) is 6.54 Å². The fourth-order valence-corrected chi connectivity index (χ4v) is 1.47. The van der Waals surface area contributed by atoms with Gasteiger partial charge in [0.1, 0.15) is 0 Å². The summed E-state index contributed by atoms with van der Waals surface area (Å²) in [6, 6.07) is 7.11. The Labute approximate surface area is 101 Å². The van der Waals surface area contributed by atoms with Crippen LogP contribution in [0.3, 0.4) is 0 Å². The zero-order valence-corrected chi connectivity index (χ0v) is 10.2. The van der Waals surface area contributed by atoms with E-state index in [2.05, 4.69) is 5.32 Å². The van der Waals surface area contributed by atoms with Gasteiger partial charge in [0.2, 0.25) is 0 Å². The number of aliphatic hydroxyl groups is 1. The lowest BCUT2D eigenvalue weighted by Gasteiger charge is -2.19. The molecule has 0 saturated carbocycles. The number of nitrogens with zero attached hydrogens (tertiary/aromatic N) is 1. The number of likely N-dealkylation sites (N-methyl/N-ethyl adjacent to an activating group) is 1. The highest BCUT2D eigenvalue weighted by Gasteiger charge is 2.10. The van der Waals surface area contributed by atoms with Crippen LogP contribution in [0.2, 0.25) is 0 Å². The summed E-state index contributed by atoms with van der Waals surface area (Å²) >= 11 is 0. The summed E-state index contributed by atoms with van der Waals surface area (Å²) in [7, 11) is 1.63. The second-order valence-electron chi connectivity index (χ2n) is 4.06. The summed E-state index contributed by atoms with van der Waals surface area (Å²) < 4.78 is 0. The van der Waals surface area contributed by atoms with Gasteiger partial charge in [0.05, 0.1) is 6.10 Å². The molecule has 0 heterocycles. The van der Waals surface area contributed by atoms with Gasteiger partial charge in [-0.3, -0.25) is 0 Å². The van der Waals surface area contributed by atoms with Crippen molar-refractivity contribution >= 4 is 11.7 Å². The Balaban J connectivity index is 2.61. The second-order valence-corrected chi connectivity index (χ2v) is 4.06. The van der Waals surface area contributed by atoms with E-state index in [0.29, 0.717) is 18.8 Å². The monoisotopic (exact) mass is 237 g/mol. The summed E-state index contributed by atoms with van der Waals surface area (Å²) in [5.74, 6) is 0. The standard InChI is InChI=1S/C12H19N3O2/c1-9(16)8-15(2)12(17)14-11-5-3-4-10(6-11)7-13/h3-6,9,16H,7-8,13H2,1-2H3,(H,14,17). The van der Waals surface area contributed by atoms with Gasteiger partial charge in [-0.25, -0.2) is 4.79 Å². The topological polar surface area (TPSA) is 78.6 Å². The molecule has 0 saturated heterocycles. The van der Waals surface area contributed by atoms with Crippen LogP contribution < -0.4 is 11.1 Å². The van der Waals surface area contributed by atoms with Crippen molar-refractivity contribution in [3.05, 3.63) is 29.8 Å². The molecule has 0 fully saturated rings. The van der Waals surface area contributed by atoms with Gasteiger partial charge in [-0.1, -0.05) is 12.1 Å². The van der Waals surface area contributed by atoms with Gasteiger partial charge in [-0.05, 0) is 24.6 Å². The van der Waals surface area contributed by atoms with E-state index in [1.807, 2.05) is 18.2 Å². The van der Waals surface area contributed by atoms with E-state index in [-0.39, 0.29) is 6.03 Å². The lowest BCUT2D eigenvalue weighted by atomic mass is 10.2. The van der Waals surface area contributed by atoms with Gasteiger partial charge < -0.3 is 21.1 Å². The first-order valence-corrected chi connectivity index (χ1v) is 5.52. The molecular formula is C12H19N3O2. The molecule has 17 heavy (non-hydrogen) atoms. The number of carbonyl (C=O) groups excluding carboxylic acids is 1. The van der Waals surface area contributed by atoms with Gasteiger partial charge in [-0.15, -0.1) is 0 Å². The van der Waals surface area contributed by atoms with Crippen molar-refractivity contribution in [3.8, 4) is 0 Å². The van der Waals surface area contributed by atoms with E-state index in [4.69, 9.17) is 5.73 Å². The van der Waals surface area contributed by atoms with E-state index in [0.717, 1.165) is 5.56 Å². The Hall–Kier alpha value is -1.59. The molecular weight excluding hydrogens is 218 g/mol. The predicted molar refractivity (Wildman–Crippen MR) is 67.7 cm³/mol. The molecule has 4 N–H and O–H groups in total. The molecule has 5 heteroatoms. The normalized spacial score (nSPS) is 12.0. The number of anilines is 1. The molecule has 0 aliphatic heterocycles. The molecule has 0 bridgehead atoms. The number of aliphatic hydroxyl groups excluding tert-OH is 1. The number of nitrogens with two attached hydrogens (primary N) is 1. The van der Waals surface area contributed by atoms with Crippen LogP contribution in [-0.4, -0.2) is 35.7 Å². The summed E-state index contributed by atoms with van der Waals surface area (Å²) in [5, 5.41) is 11.9. The van der Waals surface area contributed by atoms with Gasteiger partial charge in [0.15, 0.2) is 0 Å². The number of hydrogen-bond acceptors (Lipinski definition) is 3. The molecule has 0 spiro atoms. The molecule has 0 aromatic heterocycles. The Morgan fingerprint density at radius 2 is 2.29 bits per heavy atom. The number of carbonyl (C=O) groups is 1. The SMILES string of the molecule is CC(O)CN(C)C(=O)Nc1cccc(CN)c1. The third kappa shape index (κ3) is 4.42. The van der Waals surface area contributed by atoms with E-state index < -0.39 is 6.10 Å². The molecule has 1 aromatic carbocycles. The average Bonchev–Trinajstić information content (AvgIpc) is 2.28. The van der Waals surface area contributed by atoms with E-state index >= 15 is 0 Å². The van der Waals surface area contributed by atoms with Crippen molar-refractivity contribution in [1.29, 1.82) is 0 Å². The lowest BCUT2D eigenvalue weighted by molar-refractivity contribution is 0.149. The zero-order valence-electron chi connectivity index (χ0n) is 10.2. The molecule has 1 unspecified atom stereocenters. The van der Waals surface area contributed by atoms with E-state index in [1.54, 1.807) is 20.0 Å². The number of nitrogens with one attached hydrogen (secondary N) is 1. The fraction of sp³-hybridized carbons (Fsp3) is 0.417. The Bertz CT molecular complexity index is 380. The Morgan fingerprint density at radius 1 is 1.59 bits per heavy atom. The van der Waals surface area contributed by atoms with Crippen LogP contribution in [0.4, 0.5) is 10.5 Å². The van der Waals surface area contributed by atoms with E-state index in [9.17, 15) is 9.90 Å². The largest absolute Gasteiger partial charge is 0.392 e. The van der Waals surface area contributed by atoms with Crippen molar-refractivity contribution in [1.82, 2.24) is 4.90 Å². The first kappa shape index (κ1) is 13.5. The average molecular weight is 237 g/mol. The van der Waals surface area contributed by atoms with Crippen molar-refractivity contribution < 1.29 is 9.90 Å². The molecule has 1 aromatic rings. The lowest BCUT2D eigenvalue weighted by Crippen LogP contribution is -2.36. The van der Waals surface area contributed by atoms with Gasteiger partial charge in [0, 0.05) is 25.8 Å². The minimum atomic E-state index is -0.541. The van der Waals surface area contributed by atoms with Gasteiger partial charge >= 0.3 is 6.03 Å². The number of benzene rings is 1. The fourth-order valence-electron chi connectivity index (χ4n) is 1.47. The minimum absolute atomic E-state index is 0.250. The first-order chi connectivity index (χ1) is 8.02. The maximum Gasteiger partial charge on any atom is 0.321 e. The number of rotatable bonds is 4. The summed E-state index contributed by atoms with van der Waals surface area (Å²) in [6.45, 7) is 2.37. The Kier molecular flexibility index (Phi) is 4.93. The molecule has 94 valence electrons. The zero-order chi connectivity index (χ0) is 12.8. The van der Waals surface area contributed by atoms with Crippen LogP contribution >= 0.6 is 0 Å². The van der Waals surface area contributed by atoms with Gasteiger partial charge in [-0.2, -0.15) is 0 Å². The molecule has 0 aliphatic rings. The molecule has 1 atom stereocenters. The highest BCUT2D eigenvalue weighted by molar-refractivity contribution is 5.89. The maximum atomic E-state index is 11.7. The number of urea groups is 1. The quantitative estimate of drug-likeness (QED) is 0.730. The van der Waals surface area contributed by atoms with Crippen LogP contribution in [0.1, 0.15) is 12.5 Å². The van der Waals surface area contributed by atoms with Crippen molar-refractivity contribution in [2.75, 3.05) is 18.9 Å². The molecule has 1 rings (SSSR count). The second kappa shape index (κ2) is 6.22. The maximum absolute atomic E-state index is 11.7. The molecule has 0 radical (unpaired) electrons. The molecule has 5 nitrogen and oxygen atoms in total. The smallest absolute Gasteiger partial charge is 0.321 e. The third-order valence-electron chi connectivity index (χ3n) is 2.30. The highest BCUT2D eigenvalue weighted by Crippen LogP contribution is 2.10. The van der Waals surface area contributed by atoms with Crippen LogP contribution in [0.5, 0.6) is 0 Å². The highest BCUT2D eigenvalue weighted by atomic mass is 16.3. The summed E-state index contributed by atoms with van der Waals surface area (Å²) in [4.78, 5) is 13.2. The van der Waals surface area contributed by atoms with Crippen molar-refractivity contribution in [2.24, 2.45) is 5.73 Å². The third-order valence-corrected chi connectivity index (χ3v) is 2.30. The van der Waals surface area contributed by atoms with E-state index in [1.165, 1.54) is 4.90 Å². The van der Waals surface area contributed by atoms with Crippen molar-refractivity contribution in [2.45, 2.75) is 19.6 Å². The predicted octanol–water partition coefficient (Wildman–Crippen LogP) is 0.990.